The van der Waals surface area contributed by atoms with Gasteiger partial charge in [-0.15, -0.1) is 0 Å². The summed E-state index contributed by atoms with van der Waals surface area (Å²) in [6, 6.07) is 0. The first-order valence-corrected chi connectivity index (χ1v) is 5.20. The van der Waals surface area contributed by atoms with E-state index in [1.54, 1.807) is 5.57 Å². The summed E-state index contributed by atoms with van der Waals surface area (Å²) >= 11 is 0. The predicted molar refractivity (Wildman–Crippen MR) is 55.2 cm³/mol. The fourth-order valence-electron chi connectivity index (χ4n) is 1.59. The highest BCUT2D eigenvalue weighted by atomic mass is 14.0. The second kappa shape index (κ2) is 6.05. The minimum Gasteiger partial charge on any atom is -0.0885 e. The molecular weight excluding hydrogens is 144 g/mol. The first kappa shape index (κ1) is 9.57. The van der Waals surface area contributed by atoms with E-state index in [0.717, 1.165) is 0 Å². The average Bonchev–Trinajstić information content (AvgIpc) is 2.60. The van der Waals surface area contributed by atoms with Gasteiger partial charge in [0.25, 0.3) is 0 Å². The quantitative estimate of drug-likeness (QED) is 0.470. The monoisotopic (exact) mass is 164 g/mol. The Morgan fingerprint density at radius 1 is 0.917 bits per heavy atom. The van der Waals surface area contributed by atoms with Crippen LogP contribution in [0, 0.1) is 0 Å². The lowest BCUT2D eigenvalue weighted by Gasteiger charge is -1.97. The van der Waals surface area contributed by atoms with Gasteiger partial charge in [-0.25, -0.2) is 0 Å². The molecule has 0 nitrogen and oxygen atoms in total. The van der Waals surface area contributed by atoms with Crippen LogP contribution < -0.4 is 0 Å². The molecule has 0 fully saturated rings. The van der Waals surface area contributed by atoms with Crippen LogP contribution in [0.5, 0.6) is 0 Å². The molecule has 0 unspecified atom stereocenters. The van der Waals surface area contributed by atoms with Crippen molar-refractivity contribution in [2.45, 2.75) is 51.9 Å². The summed E-state index contributed by atoms with van der Waals surface area (Å²) in [6.07, 6.45) is 16.4. The molecule has 0 aliphatic heterocycles. The maximum absolute atomic E-state index is 2.32. The smallest absolute Gasteiger partial charge is 0.0320 e. The summed E-state index contributed by atoms with van der Waals surface area (Å²) in [5.74, 6) is 0. The van der Waals surface area contributed by atoms with Gasteiger partial charge in [-0.2, -0.15) is 0 Å². The first-order valence-electron chi connectivity index (χ1n) is 5.20. The summed E-state index contributed by atoms with van der Waals surface area (Å²) < 4.78 is 0. The molecule has 0 radical (unpaired) electrons. The summed E-state index contributed by atoms with van der Waals surface area (Å²) in [6.45, 7) is 2.20. The zero-order valence-corrected chi connectivity index (χ0v) is 8.18. The Balaban J connectivity index is 0.000000120. The molecule has 68 valence electrons. The van der Waals surface area contributed by atoms with Crippen molar-refractivity contribution in [1.29, 1.82) is 0 Å². The zero-order valence-electron chi connectivity index (χ0n) is 8.18. The van der Waals surface area contributed by atoms with E-state index < -0.39 is 0 Å². The summed E-state index contributed by atoms with van der Waals surface area (Å²) in [7, 11) is 0. The molecule has 0 heteroatoms. The maximum Gasteiger partial charge on any atom is -0.0320 e. The third-order valence-electron chi connectivity index (χ3n) is 2.43. The van der Waals surface area contributed by atoms with Gasteiger partial charge in [0.05, 0.1) is 0 Å². The van der Waals surface area contributed by atoms with Crippen molar-refractivity contribution in [3.8, 4) is 0 Å². The van der Waals surface area contributed by atoms with Gasteiger partial charge in [0.15, 0.2) is 0 Å². The van der Waals surface area contributed by atoms with Gasteiger partial charge in [-0.3, -0.25) is 0 Å². The van der Waals surface area contributed by atoms with Crippen molar-refractivity contribution in [2.24, 2.45) is 0 Å². The SMILES string of the molecule is C1=CCCCC1.CC1=CCCC1. The van der Waals surface area contributed by atoms with Gasteiger partial charge in [0.1, 0.15) is 0 Å². The Bertz CT molecular complexity index is 155. The number of hydrogen-bond donors (Lipinski definition) is 0. The van der Waals surface area contributed by atoms with Crippen LogP contribution in [0.15, 0.2) is 23.8 Å². The van der Waals surface area contributed by atoms with E-state index in [0.29, 0.717) is 0 Å². The molecule has 2 aliphatic carbocycles. The highest BCUT2D eigenvalue weighted by Gasteiger charge is 1.95. The van der Waals surface area contributed by atoms with Gasteiger partial charge in [0.2, 0.25) is 0 Å². The molecular formula is C12H20. The van der Waals surface area contributed by atoms with Crippen molar-refractivity contribution in [3.05, 3.63) is 23.8 Å². The lowest BCUT2D eigenvalue weighted by atomic mass is 10.1. The van der Waals surface area contributed by atoms with E-state index >= 15 is 0 Å². The van der Waals surface area contributed by atoms with Gasteiger partial charge in [-0.05, 0) is 51.9 Å². The fourth-order valence-corrected chi connectivity index (χ4v) is 1.59. The highest BCUT2D eigenvalue weighted by molar-refractivity contribution is 5.02. The normalized spacial score (nSPS) is 21.2. The molecule has 2 rings (SSSR count). The van der Waals surface area contributed by atoms with Crippen LogP contribution in [0.3, 0.4) is 0 Å². The summed E-state index contributed by atoms with van der Waals surface area (Å²) in [5.41, 5.74) is 1.58. The Labute approximate surface area is 76.4 Å². The number of hydrogen-bond acceptors (Lipinski definition) is 0. The minimum atomic E-state index is 1.32. The topological polar surface area (TPSA) is 0 Å². The van der Waals surface area contributed by atoms with Crippen molar-refractivity contribution in [2.75, 3.05) is 0 Å². The highest BCUT2D eigenvalue weighted by Crippen LogP contribution is 2.15. The Morgan fingerprint density at radius 3 is 1.75 bits per heavy atom. The molecule has 12 heavy (non-hydrogen) atoms. The number of allylic oxidation sites excluding steroid dienone is 4. The average molecular weight is 164 g/mol. The third kappa shape index (κ3) is 4.38. The molecule has 0 amide bonds. The second-order valence-electron chi connectivity index (χ2n) is 3.70. The van der Waals surface area contributed by atoms with Crippen LogP contribution in [0.4, 0.5) is 0 Å². The molecule has 0 atom stereocenters. The molecule has 0 bridgehead atoms. The van der Waals surface area contributed by atoms with Crippen molar-refractivity contribution in [3.63, 3.8) is 0 Å². The van der Waals surface area contributed by atoms with E-state index in [1.165, 1.54) is 44.9 Å². The molecule has 0 aromatic rings. The summed E-state index contributed by atoms with van der Waals surface area (Å²) in [4.78, 5) is 0. The maximum atomic E-state index is 2.32. The van der Waals surface area contributed by atoms with E-state index in [9.17, 15) is 0 Å². The number of rotatable bonds is 0. The molecule has 0 aromatic carbocycles. The van der Waals surface area contributed by atoms with E-state index in [-0.39, 0.29) is 0 Å². The third-order valence-corrected chi connectivity index (χ3v) is 2.43. The Kier molecular flexibility index (Phi) is 4.82. The van der Waals surface area contributed by atoms with Crippen LogP contribution in [-0.4, -0.2) is 0 Å². The van der Waals surface area contributed by atoms with Crippen LogP contribution >= 0.6 is 0 Å². The molecule has 0 N–H and O–H groups in total. The Hall–Kier alpha value is -0.520. The molecule has 0 saturated heterocycles. The standard InChI is InChI=1S/2C6H10/c1-6-4-2-3-5-6;1-2-4-6-5-3-1/h4H,2-3,5H2,1H3;1-2H,3-6H2. The molecule has 0 aromatic heterocycles. The van der Waals surface area contributed by atoms with E-state index in [1.807, 2.05) is 0 Å². The van der Waals surface area contributed by atoms with Crippen LogP contribution in [0.2, 0.25) is 0 Å². The molecule has 0 saturated carbocycles. The van der Waals surface area contributed by atoms with Gasteiger partial charge in [-0.1, -0.05) is 23.8 Å². The lowest BCUT2D eigenvalue weighted by Crippen LogP contribution is -1.77. The second-order valence-corrected chi connectivity index (χ2v) is 3.70. The summed E-state index contributed by atoms with van der Waals surface area (Å²) in [5, 5.41) is 0. The molecule has 0 spiro atoms. The van der Waals surface area contributed by atoms with Crippen LogP contribution in [0.1, 0.15) is 51.9 Å². The molecule has 2 aliphatic rings. The van der Waals surface area contributed by atoms with E-state index in [2.05, 4.69) is 25.2 Å². The van der Waals surface area contributed by atoms with Gasteiger partial charge in [0, 0.05) is 0 Å². The fraction of sp³-hybridized carbons (Fsp3) is 0.667. The molecule has 0 heterocycles. The largest absolute Gasteiger partial charge is 0.0885 e. The van der Waals surface area contributed by atoms with Crippen molar-refractivity contribution in [1.82, 2.24) is 0 Å². The first-order chi connectivity index (χ1) is 5.89. The van der Waals surface area contributed by atoms with Crippen molar-refractivity contribution < 1.29 is 0 Å². The van der Waals surface area contributed by atoms with Crippen molar-refractivity contribution >= 4 is 0 Å². The van der Waals surface area contributed by atoms with Crippen LogP contribution in [0.25, 0.3) is 0 Å². The minimum absolute atomic E-state index is 1.32. The van der Waals surface area contributed by atoms with Crippen LogP contribution in [-0.2, 0) is 0 Å². The Morgan fingerprint density at radius 2 is 1.58 bits per heavy atom. The predicted octanol–water partition coefficient (Wildman–Crippen LogP) is 4.23. The lowest BCUT2D eigenvalue weighted by molar-refractivity contribution is 0.730. The van der Waals surface area contributed by atoms with Gasteiger partial charge >= 0.3 is 0 Å². The zero-order chi connectivity index (χ0) is 8.65. The van der Waals surface area contributed by atoms with E-state index in [4.69, 9.17) is 0 Å². The van der Waals surface area contributed by atoms with Gasteiger partial charge < -0.3 is 0 Å².